The minimum Gasteiger partial charge on any atom is -0.310 e. The molecule has 1 unspecified atom stereocenters. The lowest BCUT2D eigenvalue weighted by atomic mass is 10.0. The number of unbranched alkanes of at least 4 members (excludes halogenated alkanes) is 1. The molecule has 1 aromatic heterocycles. The Morgan fingerprint density at radius 2 is 2.14 bits per heavy atom. The third kappa shape index (κ3) is 4.57. The van der Waals surface area contributed by atoms with Crippen LogP contribution in [-0.4, -0.2) is 16.3 Å². The van der Waals surface area contributed by atoms with E-state index in [0.29, 0.717) is 6.04 Å². The Morgan fingerprint density at radius 3 is 2.86 bits per heavy atom. The maximum atomic E-state index is 4.50. The van der Waals surface area contributed by atoms with Gasteiger partial charge in [0, 0.05) is 17.8 Å². The minimum absolute atomic E-state index is 0.377. The Hall–Kier alpha value is -1.87. The summed E-state index contributed by atoms with van der Waals surface area (Å²) in [7, 11) is 0. The van der Waals surface area contributed by atoms with Gasteiger partial charge in [0.05, 0.1) is 11.9 Å². The van der Waals surface area contributed by atoms with Gasteiger partial charge in [0.2, 0.25) is 0 Å². The van der Waals surface area contributed by atoms with Crippen LogP contribution in [0.25, 0.3) is 5.69 Å². The summed E-state index contributed by atoms with van der Waals surface area (Å²) in [6, 6.07) is 10.6. The molecule has 0 aliphatic carbocycles. The van der Waals surface area contributed by atoms with Crippen LogP contribution in [0, 0.1) is 0 Å². The average Bonchev–Trinajstić information content (AvgIpc) is 3.01. The lowest BCUT2D eigenvalue weighted by Gasteiger charge is -2.16. The summed E-state index contributed by atoms with van der Waals surface area (Å²) >= 11 is 0. The van der Waals surface area contributed by atoms with E-state index in [1.807, 2.05) is 35.2 Å². The topological polar surface area (TPSA) is 29.9 Å². The fourth-order valence-corrected chi connectivity index (χ4v) is 2.41. The van der Waals surface area contributed by atoms with Crippen LogP contribution >= 0.6 is 0 Å². The van der Waals surface area contributed by atoms with Crippen molar-refractivity contribution in [3.63, 3.8) is 0 Å². The first kappa shape index (κ1) is 15.5. The van der Waals surface area contributed by atoms with Crippen molar-refractivity contribution in [3.8, 4) is 5.69 Å². The van der Waals surface area contributed by atoms with Crippen molar-refractivity contribution < 1.29 is 0 Å². The zero-order valence-electron chi connectivity index (χ0n) is 12.8. The molecule has 0 saturated heterocycles. The number of nitrogens with one attached hydrogen (secondary N) is 1. The highest BCUT2D eigenvalue weighted by Crippen LogP contribution is 2.20. The third-order valence-corrected chi connectivity index (χ3v) is 3.57. The Labute approximate surface area is 127 Å². The standard InChI is InChI=1S/C18H25N3/c1-3-5-7-12-18(19-13-4-2)16-14-20-21(15-16)17-10-8-6-9-11-17/h3,6,8-11,14-15,18-19H,1,4-5,7,12-13H2,2H3. The van der Waals surface area contributed by atoms with Crippen LogP contribution in [0.4, 0.5) is 0 Å². The lowest BCUT2D eigenvalue weighted by Crippen LogP contribution is -2.21. The summed E-state index contributed by atoms with van der Waals surface area (Å²) in [6.45, 7) is 7.03. The Kier molecular flexibility index (Phi) is 6.22. The second-order valence-corrected chi connectivity index (χ2v) is 5.28. The number of rotatable bonds is 9. The SMILES string of the molecule is C=CCCCC(NCCC)c1cnn(-c2ccccc2)c1. The van der Waals surface area contributed by atoms with Crippen LogP contribution in [0.3, 0.4) is 0 Å². The van der Waals surface area contributed by atoms with Crippen molar-refractivity contribution in [2.24, 2.45) is 0 Å². The number of benzene rings is 1. The first-order chi connectivity index (χ1) is 10.3. The highest BCUT2D eigenvalue weighted by Gasteiger charge is 2.12. The molecule has 0 bridgehead atoms. The predicted octanol–water partition coefficient (Wildman–Crippen LogP) is 4.27. The fourth-order valence-electron chi connectivity index (χ4n) is 2.41. The number of hydrogen-bond donors (Lipinski definition) is 1. The molecule has 0 fully saturated rings. The maximum Gasteiger partial charge on any atom is 0.0645 e. The first-order valence-corrected chi connectivity index (χ1v) is 7.79. The molecule has 0 aliphatic heterocycles. The van der Waals surface area contributed by atoms with Gasteiger partial charge >= 0.3 is 0 Å². The number of nitrogens with zero attached hydrogens (tertiary/aromatic N) is 2. The monoisotopic (exact) mass is 283 g/mol. The molecule has 2 aromatic rings. The molecule has 2 rings (SSSR count). The van der Waals surface area contributed by atoms with Crippen LogP contribution in [0.15, 0.2) is 55.4 Å². The minimum atomic E-state index is 0.377. The van der Waals surface area contributed by atoms with E-state index >= 15 is 0 Å². The molecule has 0 spiro atoms. The highest BCUT2D eigenvalue weighted by molar-refractivity contribution is 5.31. The molecule has 21 heavy (non-hydrogen) atoms. The second kappa shape index (κ2) is 8.42. The summed E-state index contributed by atoms with van der Waals surface area (Å²) in [5, 5.41) is 8.12. The Balaban J connectivity index is 2.08. The maximum absolute atomic E-state index is 4.50. The van der Waals surface area contributed by atoms with Crippen molar-refractivity contribution in [2.45, 2.75) is 38.6 Å². The molecule has 3 heteroatoms. The molecule has 0 saturated carbocycles. The van der Waals surface area contributed by atoms with E-state index in [1.165, 1.54) is 5.56 Å². The highest BCUT2D eigenvalue weighted by atomic mass is 15.3. The van der Waals surface area contributed by atoms with Crippen LogP contribution in [0.5, 0.6) is 0 Å². The summed E-state index contributed by atoms with van der Waals surface area (Å²) in [5.74, 6) is 0. The van der Waals surface area contributed by atoms with Gasteiger partial charge < -0.3 is 5.32 Å². The van der Waals surface area contributed by atoms with Gasteiger partial charge in [0.15, 0.2) is 0 Å². The normalized spacial score (nSPS) is 12.2. The van der Waals surface area contributed by atoms with Gasteiger partial charge in [0.1, 0.15) is 0 Å². The van der Waals surface area contributed by atoms with Crippen LogP contribution in [0.1, 0.15) is 44.2 Å². The zero-order valence-corrected chi connectivity index (χ0v) is 12.8. The van der Waals surface area contributed by atoms with Gasteiger partial charge in [-0.1, -0.05) is 31.2 Å². The van der Waals surface area contributed by atoms with Crippen molar-refractivity contribution in [2.75, 3.05) is 6.54 Å². The van der Waals surface area contributed by atoms with E-state index in [0.717, 1.165) is 37.9 Å². The number of aromatic nitrogens is 2. The van der Waals surface area contributed by atoms with Gasteiger partial charge in [-0.3, -0.25) is 0 Å². The molecule has 1 N–H and O–H groups in total. The molecule has 3 nitrogen and oxygen atoms in total. The molecular formula is C18H25N3. The summed E-state index contributed by atoms with van der Waals surface area (Å²) < 4.78 is 1.95. The first-order valence-electron chi connectivity index (χ1n) is 7.79. The van der Waals surface area contributed by atoms with E-state index in [4.69, 9.17) is 0 Å². The van der Waals surface area contributed by atoms with E-state index in [-0.39, 0.29) is 0 Å². The Morgan fingerprint density at radius 1 is 1.33 bits per heavy atom. The van der Waals surface area contributed by atoms with Crippen LogP contribution in [-0.2, 0) is 0 Å². The van der Waals surface area contributed by atoms with E-state index in [9.17, 15) is 0 Å². The summed E-state index contributed by atoms with van der Waals surface area (Å²) in [4.78, 5) is 0. The number of allylic oxidation sites excluding steroid dienone is 1. The third-order valence-electron chi connectivity index (χ3n) is 3.57. The van der Waals surface area contributed by atoms with Gasteiger partial charge in [-0.15, -0.1) is 6.58 Å². The molecule has 0 radical (unpaired) electrons. The zero-order chi connectivity index (χ0) is 14.9. The summed E-state index contributed by atoms with van der Waals surface area (Å²) in [6.07, 6.45) is 10.6. The van der Waals surface area contributed by atoms with E-state index in [2.05, 4.69) is 42.2 Å². The van der Waals surface area contributed by atoms with Crippen molar-refractivity contribution in [3.05, 3.63) is 60.9 Å². The van der Waals surface area contributed by atoms with Crippen LogP contribution < -0.4 is 5.32 Å². The quantitative estimate of drug-likeness (QED) is 0.550. The lowest BCUT2D eigenvalue weighted by molar-refractivity contribution is 0.486. The van der Waals surface area contributed by atoms with Crippen molar-refractivity contribution in [1.82, 2.24) is 15.1 Å². The molecule has 0 amide bonds. The van der Waals surface area contributed by atoms with Crippen molar-refractivity contribution >= 4 is 0 Å². The predicted molar refractivity (Wildman–Crippen MR) is 88.6 cm³/mol. The van der Waals surface area contributed by atoms with Crippen molar-refractivity contribution in [1.29, 1.82) is 0 Å². The number of hydrogen-bond acceptors (Lipinski definition) is 2. The number of para-hydroxylation sites is 1. The van der Waals surface area contributed by atoms with Gasteiger partial charge in [-0.05, 0) is 44.4 Å². The van der Waals surface area contributed by atoms with E-state index < -0.39 is 0 Å². The fraction of sp³-hybridized carbons (Fsp3) is 0.389. The Bertz CT molecular complexity index is 530. The largest absolute Gasteiger partial charge is 0.310 e. The molecule has 1 heterocycles. The molecule has 1 aromatic carbocycles. The molecule has 112 valence electrons. The summed E-state index contributed by atoms with van der Waals surface area (Å²) in [5.41, 5.74) is 2.36. The second-order valence-electron chi connectivity index (χ2n) is 5.28. The van der Waals surface area contributed by atoms with Gasteiger partial charge in [-0.25, -0.2) is 4.68 Å². The molecule has 0 aliphatic rings. The van der Waals surface area contributed by atoms with Crippen LogP contribution in [0.2, 0.25) is 0 Å². The van der Waals surface area contributed by atoms with E-state index in [1.54, 1.807) is 0 Å². The molecule has 1 atom stereocenters. The molecular weight excluding hydrogens is 258 g/mol. The average molecular weight is 283 g/mol. The smallest absolute Gasteiger partial charge is 0.0645 e. The van der Waals surface area contributed by atoms with Gasteiger partial charge in [0.25, 0.3) is 0 Å². The van der Waals surface area contributed by atoms with Gasteiger partial charge in [-0.2, -0.15) is 5.10 Å².